The first-order chi connectivity index (χ1) is 14.2. The summed E-state index contributed by atoms with van der Waals surface area (Å²) in [5.41, 5.74) is 0. The molecule has 0 amide bonds. The molecule has 0 radical (unpaired) electrons. The second-order valence-corrected chi connectivity index (χ2v) is 9.34. The van der Waals surface area contributed by atoms with Crippen molar-refractivity contribution in [1.29, 1.82) is 0 Å². The molecule has 2 aliphatic carbocycles. The van der Waals surface area contributed by atoms with Crippen molar-refractivity contribution < 1.29 is 59.1 Å². The predicted octanol–water partition coefficient (Wildman–Crippen LogP) is 1.70. The van der Waals surface area contributed by atoms with Gasteiger partial charge in [0, 0.05) is 18.3 Å². The lowest BCUT2D eigenvalue weighted by Gasteiger charge is -2.25. The van der Waals surface area contributed by atoms with E-state index >= 15 is 0 Å². The van der Waals surface area contributed by atoms with Crippen molar-refractivity contribution in [3.05, 3.63) is 0 Å². The van der Waals surface area contributed by atoms with E-state index in [1.165, 1.54) is 0 Å². The third kappa shape index (κ3) is 4.49. The number of esters is 3. The molecule has 0 aromatic heterocycles. The van der Waals surface area contributed by atoms with Crippen molar-refractivity contribution in [1.82, 2.24) is 0 Å². The molecular weight excluding hydrogens is 456 g/mol. The molecule has 2 bridgehead atoms. The zero-order valence-corrected chi connectivity index (χ0v) is 16.8. The molecule has 0 spiro atoms. The van der Waals surface area contributed by atoms with E-state index in [0.717, 1.165) is 6.42 Å². The lowest BCUT2D eigenvalue weighted by atomic mass is 9.88. The number of carbonyl (C=O) groups is 3. The van der Waals surface area contributed by atoms with E-state index in [1.807, 2.05) is 0 Å². The molecule has 3 aliphatic rings. The molecule has 0 aromatic rings. The highest BCUT2D eigenvalue weighted by molar-refractivity contribution is 7.87. The normalized spacial score (nSPS) is 29.7. The van der Waals surface area contributed by atoms with E-state index in [0.29, 0.717) is 6.42 Å². The maximum atomic E-state index is 13.3. The summed E-state index contributed by atoms with van der Waals surface area (Å²) >= 11 is 0. The minimum atomic E-state index is -6.32. The van der Waals surface area contributed by atoms with E-state index < -0.39 is 71.3 Å². The van der Waals surface area contributed by atoms with Gasteiger partial charge < -0.3 is 14.2 Å². The van der Waals surface area contributed by atoms with E-state index in [-0.39, 0.29) is 30.1 Å². The summed E-state index contributed by atoms with van der Waals surface area (Å²) < 4.78 is 96.8. The highest BCUT2D eigenvalue weighted by Gasteiger charge is 2.65. The number of carbonyl (C=O) groups excluding carboxylic acids is 3. The third-order valence-electron chi connectivity index (χ3n) is 5.86. The highest BCUT2D eigenvalue weighted by atomic mass is 32.2. The van der Waals surface area contributed by atoms with Gasteiger partial charge in [0.15, 0.2) is 0 Å². The van der Waals surface area contributed by atoms with Crippen molar-refractivity contribution in [2.45, 2.75) is 61.9 Å². The second kappa shape index (κ2) is 8.19. The van der Waals surface area contributed by atoms with E-state index in [1.54, 1.807) is 0 Å². The van der Waals surface area contributed by atoms with Gasteiger partial charge in [0.25, 0.3) is 0 Å². The maximum Gasteiger partial charge on any atom is 0.431 e. The number of hydrogen-bond acceptors (Lipinski definition) is 8. The molecular formula is C17H20F4O9S. The van der Waals surface area contributed by atoms with Crippen molar-refractivity contribution in [2.75, 3.05) is 6.61 Å². The molecule has 9 nitrogen and oxygen atoms in total. The smallest absolute Gasteiger partial charge is 0.431 e. The van der Waals surface area contributed by atoms with Gasteiger partial charge in [-0.2, -0.15) is 26.0 Å². The quantitative estimate of drug-likeness (QED) is 0.164. The molecule has 3 rings (SSSR count). The molecule has 1 heterocycles. The number of ether oxygens (including phenoxy) is 3. The van der Waals surface area contributed by atoms with Gasteiger partial charge in [0.2, 0.25) is 0 Å². The van der Waals surface area contributed by atoms with Gasteiger partial charge in [-0.15, -0.1) is 0 Å². The van der Waals surface area contributed by atoms with Gasteiger partial charge in [-0.05, 0) is 19.3 Å². The Kier molecular flexibility index (Phi) is 6.26. The third-order valence-corrected chi connectivity index (χ3v) is 6.81. The van der Waals surface area contributed by atoms with Gasteiger partial charge >= 0.3 is 39.2 Å². The SMILES string of the molecule is O=C(CCC(=O)OC1C2CC3C(=O)OC1C3C2)OCCCC(F)(F)C(F)(F)S(=O)(=O)O. The van der Waals surface area contributed by atoms with Crippen molar-refractivity contribution in [3.63, 3.8) is 0 Å². The number of hydrogen-bond donors (Lipinski definition) is 1. The summed E-state index contributed by atoms with van der Waals surface area (Å²) in [5, 5.41) is -5.68. The summed E-state index contributed by atoms with van der Waals surface area (Å²) in [5.74, 6) is -7.16. The van der Waals surface area contributed by atoms with Crippen LogP contribution in [-0.4, -0.2) is 60.9 Å². The Morgan fingerprint density at radius 3 is 2.42 bits per heavy atom. The molecule has 31 heavy (non-hydrogen) atoms. The van der Waals surface area contributed by atoms with Gasteiger partial charge in [0.05, 0.1) is 25.4 Å². The topological polar surface area (TPSA) is 133 Å². The van der Waals surface area contributed by atoms with Crippen molar-refractivity contribution in [3.8, 4) is 0 Å². The van der Waals surface area contributed by atoms with Crippen LogP contribution < -0.4 is 0 Å². The number of halogens is 4. The predicted molar refractivity (Wildman–Crippen MR) is 90.3 cm³/mol. The van der Waals surface area contributed by atoms with E-state index in [2.05, 4.69) is 4.74 Å². The fourth-order valence-electron chi connectivity index (χ4n) is 4.37. The maximum absolute atomic E-state index is 13.3. The summed E-state index contributed by atoms with van der Waals surface area (Å²) in [7, 11) is -6.32. The lowest BCUT2D eigenvalue weighted by Crippen LogP contribution is -2.46. The fraction of sp³-hybridized carbons (Fsp3) is 0.824. The number of fused-ring (bicyclic) bond motifs is 1. The average Bonchev–Trinajstić information content (AvgIpc) is 3.27. The van der Waals surface area contributed by atoms with E-state index in [4.69, 9.17) is 14.0 Å². The van der Waals surface area contributed by atoms with Gasteiger partial charge in [0.1, 0.15) is 12.2 Å². The summed E-state index contributed by atoms with van der Waals surface area (Å²) in [6.45, 7) is -0.725. The Morgan fingerprint density at radius 1 is 1.13 bits per heavy atom. The highest BCUT2D eigenvalue weighted by Crippen LogP contribution is 2.55. The summed E-state index contributed by atoms with van der Waals surface area (Å²) in [4.78, 5) is 35.2. The van der Waals surface area contributed by atoms with Crippen LogP contribution in [0, 0.1) is 17.8 Å². The fourth-order valence-corrected chi connectivity index (χ4v) is 4.85. The largest absolute Gasteiger partial charge is 0.466 e. The Labute approximate surface area is 174 Å². The molecule has 5 unspecified atom stereocenters. The van der Waals surface area contributed by atoms with Crippen LogP contribution in [0.25, 0.3) is 0 Å². The Morgan fingerprint density at radius 2 is 1.77 bits per heavy atom. The standard InChI is InChI=1S/C17H20F4O9S/c18-16(19,17(20,21)31(25,26)27)4-1-5-28-11(22)2-3-12(23)29-13-8-6-9-10(7-8)15(24)30-14(9)13/h8-10,13-14H,1-7H2,(H,25,26,27). The van der Waals surface area contributed by atoms with Crippen LogP contribution in [0.1, 0.15) is 38.5 Å². The molecule has 0 aromatic carbocycles. The number of alkyl halides is 4. The van der Waals surface area contributed by atoms with Crippen LogP contribution in [0.2, 0.25) is 0 Å². The van der Waals surface area contributed by atoms with Crippen molar-refractivity contribution >= 4 is 28.0 Å². The first-order valence-electron chi connectivity index (χ1n) is 9.53. The number of rotatable bonds is 10. The molecule has 1 aliphatic heterocycles. The minimum absolute atomic E-state index is 0.0184. The lowest BCUT2D eigenvalue weighted by molar-refractivity contribution is -0.168. The first kappa shape index (κ1) is 23.7. The molecule has 14 heteroatoms. The Balaban J connectivity index is 1.35. The summed E-state index contributed by atoms with van der Waals surface area (Å²) in [6, 6.07) is 0. The summed E-state index contributed by atoms with van der Waals surface area (Å²) in [6.07, 6.45) is -3.05. The van der Waals surface area contributed by atoms with Gasteiger partial charge in [-0.1, -0.05) is 0 Å². The van der Waals surface area contributed by atoms with Crippen LogP contribution in [0.4, 0.5) is 17.6 Å². The molecule has 1 saturated heterocycles. The Bertz CT molecular complexity index is 860. The van der Waals surface area contributed by atoms with Crippen LogP contribution in [0.5, 0.6) is 0 Å². The second-order valence-electron chi connectivity index (χ2n) is 7.88. The molecule has 1 N–H and O–H groups in total. The van der Waals surface area contributed by atoms with Crippen LogP contribution in [-0.2, 0) is 38.7 Å². The Hall–Kier alpha value is -1.96. The van der Waals surface area contributed by atoms with Crippen LogP contribution in [0.3, 0.4) is 0 Å². The van der Waals surface area contributed by atoms with Gasteiger partial charge in [-0.3, -0.25) is 18.9 Å². The zero-order chi connectivity index (χ0) is 23.2. The minimum Gasteiger partial charge on any atom is -0.466 e. The zero-order valence-electron chi connectivity index (χ0n) is 16.0. The van der Waals surface area contributed by atoms with Crippen LogP contribution >= 0.6 is 0 Å². The average molecular weight is 476 g/mol. The first-order valence-corrected chi connectivity index (χ1v) is 11.0. The monoisotopic (exact) mass is 476 g/mol. The van der Waals surface area contributed by atoms with Crippen molar-refractivity contribution in [2.24, 2.45) is 17.8 Å². The van der Waals surface area contributed by atoms with Gasteiger partial charge in [-0.25, -0.2) is 0 Å². The van der Waals surface area contributed by atoms with Crippen LogP contribution in [0.15, 0.2) is 0 Å². The molecule has 2 saturated carbocycles. The molecule has 5 atom stereocenters. The molecule has 3 fully saturated rings. The molecule has 176 valence electrons. The van der Waals surface area contributed by atoms with E-state index in [9.17, 15) is 40.4 Å².